The van der Waals surface area contributed by atoms with Gasteiger partial charge in [-0.3, -0.25) is 0 Å². The molecule has 1 aromatic heterocycles. The molecule has 0 atom stereocenters. The largest absolute Gasteiger partial charge is 0.508 e. The smallest absolute Gasteiger partial charge is 0.258 e. The highest BCUT2D eigenvalue weighted by Crippen LogP contribution is 2.27. The SMILES string of the molecule is Oc1ccc(-c2noc(-c3ccc(I)c(Cl)c3)n2)cc1. The fourth-order valence-corrected chi connectivity index (χ4v) is 2.21. The Bertz CT molecular complexity index is 756. The van der Waals surface area contributed by atoms with Gasteiger partial charge in [-0.05, 0) is 65.1 Å². The summed E-state index contributed by atoms with van der Waals surface area (Å²) in [6.07, 6.45) is 0. The summed E-state index contributed by atoms with van der Waals surface area (Å²) in [5.74, 6) is 1.07. The maximum atomic E-state index is 9.26. The van der Waals surface area contributed by atoms with Crippen LogP contribution >= 0.6 is 34.2 Å². The number of hydrogen-bond donors (Lipinski definition) is 1. The van der Waals surface area contributed by atoms with Crippen LogP contribution in [0.5, 0.6) is 5.75 Å². The van der Waals surface area contributed by atoms with Gasteiger partial charge in [-0.2, -0.15) is 4.98 Å². The summed E-state index contributed by atoms with van der Waals surface area (Å²) in [7, 11) is 0. The lowest BCUT2D eigenvalue weighted by atomic mass is 10.2. The summed E-state index contributed by atoms with van der Waals surface area (Å²) in [6, 6.07) is 12.2. The van der Waals surface area contributed by atoms with Crippen molar-refractivity contribution in [2.75, 3.05) is 0 Å². The minimum Gasteiger partial charge on any atom is -0.508 e. The Hall–Kier alpha value is -1.60. The third-order valence-electron chi connectivity index (χ3n) is 2.72. The fraction of sp³-hybridized carbons (Fsp3) is 0. The highest BCUT2D eigenvalue weighted by molar-refractivity contribution is 14.1. The van der Waals surface area contributed by atoms with Crippen LogP contribution in [-0.2, 0) is 0 Å². The standard InChI is InChI=1S/C14H8ClIN2O2/c15-11-7-9(3-6-12(11)16)14-17-13(18-20-14)8-1-4-10(19)5-2-8/h1-7,19H. The molecule has 0 aliphatic heterocycles. The number of aromatic nitrogens is 2. The normalized spacial score (nSPS) is 10.7. The molecule has 3 rings (SSSR count). The fourth-order valence-electron chi connectivity index (χ4n) is 1.70. The van der Waals surface area contributed by atoms with E-state index in [0.29, 0.717) is 16.7 Å². The van der Waals surface area contributed by atoms with Gasteiger partial charge in [0.25, 0.3) is 5.89 Å². The van der Waals surface area contributed by atoms with Crippen LogP contribution in [0, 0.1) is 3.57 Å². The molecule has 3 aromatic rings. The second-order valence-corrected chi connectivity index (χ2v) is 5.67. The molecule has 100 valence electrons. The van der Waals surface area contributed by atoms with Gasteiger partial charge in [0, 0.05) is 14.7 Å². The Morgan fingerprint density at radius 2 is 1.75 bits per heavy atom. The summed E-state index contributed by atoms with van der Waals surface area (Å²) >= 11 is 8.24. The molecule has 0 aliphatic carbocycles. The maximum Gasteiger partial charge on any atom is 0.258 e. The second-order valence-electron chi connectivity index (χ2n) is 4.10. The molecule has 1 heterocycles. The van der Waals surface area contributed by atoms with Crippen LogP contribution in [0.4, 0.5) is 0 Å². The minimum atomic E-state index is 0.196. The van der Waals surface area contributed by atoms with E-state index in [1.807, 2.05) is 12.1 Å². The predicted molar refractivity (Wildman–Crippen MR) is 84.6 cm³/mol. The molecular formula is C14H8ClIN2O2. The lowest BCUT2D eigenvalue weighted by Gasteiger charge is -1.97. The molecule has 0 saturated carbocycles. The van der Waals surface area contributed by atoms with E-state index in [2.05, 4.69) is 32.7 Å². The average Bonchev–Trinajstić information content (AvgIpc) is 2.92. The van der Waals surface area contributed by atoms with Crippen molar-refractivity contribution in [2.24, 2.45) is 0 Å². The zero-order chi connectivity index (χ0) is 14.1. The first-order valence-corrected chi connectivity index (χ1v) is 7.18. The molecule has 0 bridgehead atoms. The number of nitrogens with zero attached hydrogens (tertiary/aromatic N) is 2. The van der Waals surface area contributed by atoms with Gasteiger partial charge in [-0.1, -0.05) is 16.8 Å². The first kappa shape index (κ1) is 13.4. The van der Waals surface area contributed by atoms with E-state index in [1.54, 1.807) is 30.3 Å². The molecule has 0 unspecified atom stereocenters. The van der Waals surface area contributed by atoms with Gasteiger partial charge < -0.3 is 9.63 Å². The number of hydrogen-bond acceptors (Lipinski definition) is 4. The molecule has 0 spiro atoms. The third kappa shape index (κ3) is 2.64. The number of aromatic hydroxyl groups is 1. The molecule has 6 heteroatoms. The van der Waals surface area contributed by atoms with Gasteiger partial charge in [0.05, 0.1) is 5.02 Å². The molecule has 0 amide bonds. The molecule has 0 aliphatic rings. The Morgan fingerprint density at radius 3 is 2.45 bits per heavy atom. The minimum absolute atomic E-state index is 0.196. The van der Waals surface area contributed by atoms with Gasteiger partial charge in [-0.15, -0.1) is 0 Å². The zero-order valence-corrected chi connectivity index (χ0v) is 13.0. The molecule has 0 fully saturated rings. The zero-order valence-electron chi connectivity index (χ0n) is 10.0. The molecule has 0 radical (unpaired) electrons. The van der Waals surface area contributed by atoms with Crippen LogP contribution in [0.2, 0.25) is 5.02 Å². The first-order chi connectivity index (χ1) is 9.63. The molecule has 1 N–H and O–H groups in total. The molecule has 4 nitrogen and oxygen atoms in total. The van der Waals surface area contributed by atoms with E-state index >= 15 is 0 Å². The number of halogens is 2. The summed E-state index contributed by atoms with van der Waals surface area (Å²) in [5, 5.41) is 13.8. The van der Waals surface area contributed by atoms with Crippen molar-refractivity contribution >= 4 is 34.2 Å². The summed E-state index contributed by atoms with van der Waals surface area (Å²) < 4.78 is 6.21. The van der Waals surface area contributed by atoms with Crippen molar-refractivity contribution in [1.82, 2.24) is 10.1 Å². The highest BCUT2D eigenvalue weighted by atomic mass is 127. The number of phenols is 1. The molecule has 20 heavy (non-hydrogen) atoms. The quantitative estimate of drug-likeness (QED) is 0.651. The summed E-state index contributed by atoms with van der Waals surface area (Å²) in [6.45, 7) is 0. The van der Waals surface area contributed by atoms with E-state index in [-0.39, 0.29) is 5.75 Å². The Morgan fingerprint density at radius 1 is 1.05 bits per heavy atom. The van der Waals surface area contributed by atoms with Crippen LogP contribution in [0.15, 0.2) is 47.0 Å². The Balaban J connectivity index is 1.97. The van der Waals surface area contributed by atoms with Gasteiger partial charge in [0.2, 0.25) is 5.82 Å². The first-order valence-electron chi connectivity index (χ1n) is 5.72. The van der Waals surface area contributed by atoms with Crippen LogP contribution in [0.1, 0.15) is 0 Å². The van der Waals surface area contributed by atoms with Crippen molar-refractivity contribution in [2.45, 2.75) is 0 Å². The van der Waals surface area contributed by atoms with Gasteiger partial charge in [-0.25, -0.2) is 0 Å². The maximum absolute atomic E-state index is 9.26. The molecule has 2 aromatic carbocycles. The monoisotopic (exact) mass is 398 g/mol. The lowest BCUT2D eigenvalue weighted by Crippen LogP contribution is -1.82. The summed E-state index contributed by atoms with van der Waals surface area (Å²) in [5.41, 5.74) is 1.54. The van der Waals surface area contributed by atoms with Crippen molar-refractivity contribution < 1.29 is 9.63 Å². The lowest BCUT2D eigenvalue weighted by molar-refractivity contribution is 0.432. The van der Waals surface area contributed by atoms with Crippen LogP contribution in [0.25, 0.3) is 22.8 Å². The van der Waals surface area contributed by atoms with Crippen LogP contribution in [-0.4, -0.2) is 15.2 Å². The van der Waals surface area contributed by atoms with Gasteiger partial charge >= 0.3 is 0 Å². The van der Waals surface area contributed by atoms with Crippen LogP contribution < -0.4 is 0 Å². The molecule has 0 saturated heterocycles. The van der Waals surface area contributed by atoms with E-state index in [9.17, 15) is 5.11 Å². The van der Waals surface area contributed by atoms with Crippen LogP contribution in [0.3, 0.4) is 0 Å². The van der Waals surface area contributed by atoms with Crippen molar-refractivity contribution in [3.63, 3.8) is 0 Å². The van der Waals surface area contributed by atoms with E-state index in [1.165, 1.54) is 0 Å². The van der Waals surface area contributed by atoms with Crippen molar-refractivity contribution in [3.05, 3.63) is 51.1 Å². The predicted octanol–water partition coefficient (Wildman–Crippen LogP) is 4.37. The van der Waals surface area contributed by atoms with Crippen molar-refractivity contribution in [3.8, 4) is 28.6 Å². The highest BCUT2D eigenvalue weighted by Gasteiger charge is 2.11. The molecular weight excluding hydrogens is 391 g/mol. The van der Waals surface area contributed by atoms with E-state index in [0.717, 1.165) is 14.7 Å². The Labute approximate surface area is 133 Å². The second kappa shape index (κ2) is 5.41. The van der Waals surface area contributed by atoms with E-state index < -0.39 is 0 Å². The van der Waals surface area contributed by atoms with Gasteiger partial charge in [0.15, 0.2) is 0 Å². The third-order valence-corrected chi connectivity index (χ3v) is 4.29. The Kier molecular flexibility index (Phi) is 3.62. The topological polar surface area (TPSA) is 59.2 Å². The van der Waals surface area contributed by atoms with Crippen molar-refractivity contribution in [1.29, 1.82) is 0 Å². The van der Waals surface area contributed by atoms with Gasteiger partial charge in [0.1, 0.15) is 5.75 Å². The van der Waals surface area contributed by atoms with E-state index in [4.69, 9.17) is 16.1 Å². The summed E-state index contributed by atoms with van der Waals surface area (Å²) in [4.78, 5) is 4.33. The number of phenolic OH excluding ortho intramolecular Hbond substituents is 1. The number of benzene rings is 2. The average molecular weight is 399 g/mol. The number of rotatable bonds is 2.